The van der Waals surface area contributed by atoms with Crippen LogP contribution in [-0.4, -0.2) is 20.4 Å². The highest BCUT2D eigenvalue weighted by molar-refractivity contribution is 6.04. The zero-order valence-corrected chi connectivity index (χ0v) is 15.7. The minimum Gasteiger partial charge on any atom is -0.352 e. The zero-order chi connectivity index (χ0) is 21.3. The molecule has 30 heavy (non-hydrogen) atoms. The molecule has 0 fully saturated rings. The lowest BCUT2D eigenvalue weighted by Crippen LogP contribution is -2.27. The summed E-state index contributed by atoms with van der Waals surface area (Å²) in [5.41, 5.74) is 1.02. The molecule has 0 aliphatic heterocycles. The van der Waals surface area contributed by atoms with Gasteiger partial charge in [-0.3, -0.25) is 14.2 Å². The number of nitrogens with one attached hydrogen (secondary N) is 2. The van der Waals surface area contributed by atoms with E-state index in [9.17, 15) is 22.8 Å². The lowest BCUT2D eigenvalue weighted by molar-refractivity contribution is -0.137. The highest BCUT2D eigenvalue weighted by atomic mass is 19.4. The summed E-state index contributed by atoms with van der Waals surface area (Å²) in [4.78, 5) is 32.2. The number of carbonyl (C=O) groups is 1. The van der Waals surface area contributed by atoms with Crippen molar-refractivity contribution in [2.45, 2.75) is 25.7 Å². The maximum absolute atomic E-state index is 12.8. The van der Waals surface area contributed by atoms with Crippen LogP contribution in [0, 0.1) is 0 Å². The summed E-state index contributed by atoms with van der Waals surface area (Å²) < 4.78 is 39.6. The Morgan fingerprint density at radius 3 is 2.73 bits per heavy atom. The van der Waals surface area contributed by atoms with E-state index in [2.05, 4.69) is 15.3 Å². The van der Waals surface area contributed by atoms with Gasteiger partial charge in [0.1, 0.15) is 11.0 Å². The Morgan fingerprint density at radius 2 is 1.93 bits per heavy atom. The van der Waals surface area contributed by atoms with Gasteiger partial charge in [0.05, 0.1) is 11.9 Å². The van der Waals surface area contributed by atoms with Crippen molar-refractivity contribution in [3.05, 3.63) is 76.3 Å². The van der Waals surface area contributed by atoms with Crippen LogP contribution >= 0.6 is 0 Å². The second-order valence-electron chi connectivity index (χ2n) is 6.86. The number of hydrogen-bond donors (Lipinski definition) is 2. The molecule has 2 N–H and O–H groups in total. The Labute approximate surface area is 168 Å². The zero-order valence-electron chi connectivity index (χ0n) is 15.7. The topological polar surface area (TPSA) is 79.8 Å². The molecule has 9 heteroatoms. The maximum Gasteiger partial charge on any atom is 0.416 e. The highest BCUT2D eigenvalue weighted by Crippen LogP contribution is 2.29. The number of hydrogen-bond acceptors (Lipinski definition) is 3. The molecule has 0 atom stereocenters. The van der Waals surface area contributed by atoms with Crippen LogP contribution in [0.1, 0.15) is 17.5 Å². The molecule has 4 rings (SSSR count). The van der Waals surface area contributed by atoms with Gasteiger partial charge in [-0.2, -0.15) is 13.2 Å². The third-order valence-corrected chi connectivity index (χ3v) is 4.80. The average Bonchev–Trinajstić information content (AvgIpc) is 3.11. The molecule has 2 heterocycles. The van der Waals surface area contributed by atoms with Crippen molar-refractivity contribution in [2.75, 3.05) is 0 Å². The third-order valence-electron chi connectivity index (χ3n) is 4.80. The van der Waals surface area contributed by atoms with Crippen molar-refractivity contribution in [1.82, 2.24) is 19.9 Å². The van der Waals surface area contributed by atoms with Gasteiger partial charge in [0.25, 0.3) is 5.56 Å². The van der Waals surface area contributed by atoms with Crippen LogP contribution in [0.25, 0.3) is 21.9 Å². The van der Waals surface area contributed by atoms with E-state index in [4.69, 9.17) is 0 Å². The fourth-order valence-electron chi connectivity index (χ4n) is 3.27. The van der Waals surface area contributed by atoms with Crippen LogP contribution in [0.4, 0.5) is 13.2 Å². The molecule has 0 unspecified atom stereocenters. The second kappa shape index (κ2) is 7.66. The van der Waals surface area contributed by atoms with Gasteiger partial charge in [-0.25, -0.2) is 4.98 Å². The van der Waals surface area contributed by atoms with Crippen molar-refractivity contribution in [3.63, 3.8) is 0 Å². The van der Waals surface area contributed by atoms with Gasteiger partial charge in [-0.15, -0.1) is 0 Å². The predicted molar refractivity (Wildman–Crippen MR) is 106 cm³/mol. The number of aromatic nitrogens is 3. The van der Waals surface area contributed by atoms with E-state index in [1.54, 1.807) is 0 Å². The Kier molecular flexibility index (Phi) is 5.03. The molecular formula is C21H17F3N4O2. The summed E-state index contributed by atoms with van der Waals surface area (Å²) in [7, 11) is 0. The van der Waals surface area contributed by atoms with E-state index in [1.807, 2.05) is 24.3 Å². The molecule has 0 spiro atoms. The lowest BCUT2D eigenvalue weighted by Gasteiger charge is -2.10. The fourth-order valence-corrected chi connectivity index (χ4v) is 3.27. The van der Waals surface area contributed by atoms with Crippen molar-refractivity contribution < 1.29 is 18.0 Å². The first-order valence-corrected chi connectivity index (χ1v) is 9.21. The van der Waals surface area contributed by atoms with Crippen LogP contribution in [0.2, 0.25) is 0 Å². The van der Waals surface area contributed by atoms with Gasteiger partial charge in [0, 0.05) is 30.4 Å². The van der Waals surface area contributed by atoms with Gasteiger partial charge in [-0.05, 0) is 23.8 Å². The quantitative estimate of drug-likeness (QED) is 0.524. The van der Waals surface area contributed by atoms with Crippen molar-refractivity contribution in [1.29, 1.82) is 0 Å². The Hall–Kier alpha value is -3.62. The number of benzene rings is 2. The van der Waals surface area contributed by atoms with Gasteiger partial charge in [0.2, 0.25) is 5.91 Å². The average molecular weight is 414 g/mol. The minimum absolute atomic E-state index is 0.00766. The molecule has 1 amide bonds. The summed E-state index contributed by atoms with van der Waals surface area (Å²) in [6.07, 6.45) is -3.05. The van der Waals surface area contributed by atoms with Crippen LogP contribution in [0.3, 0.4) is 0 Å². The molecule has 0 saturated carbocycles. The fraction of sp³-hybridized carbons (Fsp3) is 0.190. The lowest BCUT2D eigenvalue weighted by atomic mass is 10.1. The molecule has 0 saturated heterocycles. The van der Waals surface area contributed by atoms with E-state index < -0.39 is 11.7 Å². The van der Waals surface area contributed by atoms with Crippen LogP contribution in [0.5, 0.6) is 0 Å². The SMILES string of the molecule is O=C(CCn1cnc2c([nH]c3ccccc32)c1=O)NCc1cccc(C(F)(F)F)c1. The predicted octanol–water partition coefficient (Wildman–Crippen LogP) is 3.60. The largest absolute Gasteiger partial charge is 0.416 e. The summed E-state index contributed by atoms with van der Waals surface area (Å²) in [5, 5.41) is 3.42. The number of carbonyl (C=O) groups excluding carboxylic acids is 1. The van der Waals surface area contributed by atoms with Crippen LogP contribution in [0.15, 0.2) is 59.7 Å². The number of rotatable bonds is 5. The number of para-hydroxylation sites is 1. The molecule has 154 valence electrons. The smallest absolute Gasteiger partial charge is 0.352 e. The van der Waals surface area contributed by atoms with Gasteiger partial charge in [-0.1, -0.05) is 30.3 Å². The first-order valence-electron chi connectivity index (χ1n) is 9.21. The Balaban J connectivity index is 1.42. The van der Waals surface area contributed by atoms with Crippen molar-refractivity contribution >= 4 is 27.8 Å². The normalized spacial score (nSPS) is 11.8. The molecule has 0 bridgehead atoms. The molecule has 6 nitrogen and oxygen atoms in total. The number of nitrogens with zero attached hydrogens (tertiary/aromatic N) is 2. The van der Waals surface area contributed by atoms with E-state index in [1.165, 1.54) is 23.0 Å². The molecule has 2 aromatic carbocycles. The van der Waals surface area contributed by atoms with Crippen molar-refractivity contribution in [2.24, 2.45) is 0 Å². The Bertz CT molecular complexity index is 1290. The molecule has 0 aliphatic carbocycles. The van der Waals surface area contributed by atoms with Crippen molar-refractivity contribution in [3.8, 4) is 0 Å². The Morgan fingerprint density at radius 1 is 1.13 bits per heavy atom. The van der Waals surface area contributed by atoms with E-state index in [-0.39, 0.29) is 31.0 Å². The number of amides is 1. The van der Waals surface area contributed by atoms with Crippen LogP contribution < -0.4 is 10.9 Å². The molecular weight excluding hydrogens is 397 g/mol. The molecule has 2 aromatic heterocycles. The number of fused-ring (bicyclic) bond motifs is 3. The van der Waals surface area contributed by atoms with Crippen LogP contribution in [-0.2, 0) is 24.1 Å². The monoisotopic (exact) mass is 414 g/mol. The summed E-state index contributed by atoms with van der Waals surface area (Å²) in [5.74, 6) is -0.379. The first-order chi connectivity index (χ1) is 14.3. The third kappa shape index (κ3) is 3.91. The number of alkyl halides is 3. The minimum atomic E-state index is -4.44. The van der Waals surface area contributed by atoms with Gasteiger partial charge in [0.15, 0.2) is 0 Å². The number of aryl methyl sites for hydroxylation is 1. The highest BCUT2D eigenvalue weighted by Gasteiger charge is 2.30. The molecule has 0 radical (unpaired) electrons. The molecule has 4 aromatic rings. The number of halogens is 3. The van der Waals surface area contributed by atoms with E-state index >= 15 is 0 Å². The summed E-state index contributed by atoms with van der Waals surface area (Å²) in [6, 6.07) is 12.2. The standard InChI is InChI=1S/C21H17F3N4O2/c22-21(23,24)14-5-3-4-13(10-14)11-25-17(29)8-9-28-12-26-18-15-6-1-2-7-16(15)27-19(18)20(28)30/h1-7,10,12,27H,8-9,11H2,(H,25,29). The van der Waals surface area contributed by atoms with Gasteiger partial charge >= 0.3 is 6.18 Å². The second-order valence-corrected chi connectivity index (χ2v) is 6.86. The molecule has 0 aliphatic rings. The van der Waals surface area contributed by atoms with E-state index in [0.717, 1.165) is 23.0 Å². The summed E-state index contributed by atoms with van der Waals surface area (Å²) in [6.45, 7) is 0.0719. The summed E-state index contributed by atoms with van der Waals surface area (Å²) >= 11 is 0. The first kappa shape index (κ1) is 19.7. The number of aromatic amines is 1. The maximum atomic E-state index is 12.8. The van der Waals surface area contributed by atoms with E-state index in [0.29, 0.717) is 16.6 Å². The van der Waals surface area contributed by atoms with Gasteiger partial charge < -0.3 is 10.3 Å². The number of H-pyrrole nitrogens is 1.